The number of anilines is 2. The molecule has 0 fully saturated rings. The topological polar surface area (TPSA) is 114 Å². The number of nitrogens with one attached hydrogen (secondary N) is 3. The Bertz CT molecular complexity index is 1620. The summed E-state index contributed by atoms with van der Waals surface area (Å²) in [6.07, 6.45) is 1.62. The standard InChI is InChI=1S/C34H31N3O5S/c1-3-42-34(41)26-16-18-27(19-17-26)35-31(38)22-43-29-11-7-10-28(21-29)36-33(40)30(20-24-14-12-23(2)13-15-24)37-32(39)25-8-5-4-6-9-25/h4-21H,3,22H2,1-2H3,(H,35,38)(H,36,40)(H,37,39)/b30-20-. The Labute approximate surface area is 254 Å². The van der Waals surface area contributed by atoms with E-state index in [1.165, 1.54) is 11.8 Å². The molecular weight excluding hydrogens is 562 g/mol. The molecule has 0 saturated heterocycles. The van der Waals surface area contributed by atoms with Gasteiger partial charge in [0.2, 0.25) is 5.91 Å². The first-order valence-electron chi connectivity index (χ1n) is 13.6. The van der Waals surface area contributed by atoms with Crippen LogP contribution in [0, 0.1) is 6.92 Å². The number of carbonyl (C=O) groups is 4. The molecule has 0 aromatic heterocycles. The van der Waals surface area contributed by atoms with Crippen LogP contribution in [0.25, 0.3) is 6.08 Å². The van der Waals surface area contributed by atoms with Crippen molar-refractivity contribution < 1.29 is 23.9 Å². The van der Waals surface area contributed by atoms with Crippen LogP contribution >= 0.6 is 11.8 Å². The summed E-state index contributed by atoms with van der Waals surface area (Å²) in [7, 11) is 0. The predicted molar refractivity (Wildman–Crippen MR) is 170 cm³/mol. The van der Waals surface area contributed by atoms with E-state index in [1.54, 1.807) is 79.7 Å². The van der Waals surface area contributed by atoms with Gasteiger partial charge >= 0.3 is 5.97 Å². The van der Waals surface area contributed by atoms with Crippen molar-refractivity contribution in [2.75, 3.05) is 23.0 Å². The number of aryl methyl sites for hydroxylation is 1. The minimum atomic E-state index is -0.490. The molecule has 4 aromatic carbocycles. The number of esters is 1. The quantitative estimate of drug-likeness (QED) is 0.107. The summed E-state index contributed by atoms with van der Waals surface area (Å²) >= 11 is 1.30. The molecule has 3 N–H and O–H groups in total. The lowest BCUT2D eigenvalue weighted by Gasteiger charge is -2.12. The molecule has 0 saturated carbocycles. The zero-order valence-electron chi connectivity index (χ0n) is 23.8. The van der Waals surface area contributed by atoms with Crippen molar-refractivity contribution in [1.82, 2.24) is 5.32 Å². The highest BCUT2D eigenvalue weighted by Crippen LogP contribution is 2.23. The normalized spacial score (nSPS) is 10.9. The lowest BCUT2D eigenvalue weighted by Crippen LogP contribution is -2.30. The maximum atomic E-state index is 13.3. The number of thioether (sulfide) groups is 1. The van der Waals surface area contributed by atoms with E-state index in [1.807, 2.05) is 43.3 Å². The van der Waals surface area contributed by atoms with Gasteiger partial charge in [0.25, 0.3) is 11.8 Å². The second kappa shape index (κ2) is 15.2. The number of hydrogen-bond acceptors (Lipinski definition) is 6. The molecule has 0 heterocycles. The highest BCUT2D eigenvalue weighted by molar-refractivity contribution is 8.00. The van der Waals surface area contributed by atoms with Gasteiger partial charge in [0.1, 0.15) is 5.70 Å². The van der Waals surface area contributed by atoms with Crippen molar-refractivity contribution in [3.8, 4) is 0 Å². The fourth-order valence-electron chi connectivity index (χ4n) is 3.88. The molecule has 0 unspecified atom stereocenters. The summed E-state index contributed by atoms with van der Waals surface area (Å²) in [5, 5.41) is 8.39. The lowest BCUT2D eigenvalue weighted by atomic mass is 10.1. The van der Waals surface area contributed by atoms with Crippen molar-refractivity contribution in [2.24, 2.45) is 0 Å². The van der Waals surface area contributed by atoms with Crippen LogP contribution in [-0.4, -0.2) is 36.1 Å². The Kier molecular flexibility index (Phi) is 10.9. The maximum absolute atomic E-state index is 13.3. The van der Waals surface area contributed by atoms with Gasteiger partial charge in [0.05, 0.1) is 17.9 Å². The number of amides is 3. The van der Waals surface area contributed by atoms with E-state index in [0.717, 1.165) is 16.0 Å². The van der Waals surface area contributed by atoms with Crippen LogP contribution in [0.3, 0.4) is 0 Å². The average molecular weight is 594 g/mol. The molecule has 8 nitrogen and oxygen atoms in total. The third-order valence-electron chi connectivity index (χ3n) is 6.06. The first-order valence-corrected chi connectivity index (χ1v) is 14.6. The average Bonchev–Trinajstić information content (AvgIpc) is 3.02. The summed E-state index contributed by atoms with van der Waals surface area (Å²) in [4.78, 5) is 51.3. The number of ether oxygens (including phenoxy) is 1. The molecule has 0 spiro atoms. The highest BCUT2D eigenvalue weighted by Gasteiger charge is 2.16. The largest absolute Gasteiger partial charge is 0.462 e. The molecule has 0 radical (unpaired) electrons. The summed E-state index contributed by atoms with van der Waals surface area (Å²) < 4.78 is 4.97. The van der Waals surface area contributed by atoms with Gasteiger partial charge in [-0.05, 0) is 80.1 Å². The Morgan fingerprint density at radius 1 is 0.767 bits per heavy atom. The van der Waals surface area contributed by atoms with E-state index < -0.39 is 17.8 Å². The van der Waals surface area contributed by atoms with Gasteiger partial charge in [-0.15, -0.1) is 11.8 Å². The monoisotopic (exact) mass is 593 g/mol. The van der Waals surface area contributed by atoms with E-state index in [-0.39, 0.29) is 24.0 Å². The van der Waals surface area contributed by atoms with Crippen molar-refractivity contribution in [3.05, 3.63) is 131 Å². The third-order valence-corrected chi connectivity index (χ3v) is 7.05. The number of benzene rings is 4. The van der Waals surface area contributed by atoms with E-state index in [4.69, 9.17) is 4.74 Å². The van der Waals surface area contributed by atoms with Gasteiger partial charge in [-0.3, -0.25) is 14.4 Å². The zero-order chi connectivity index (χ0) is 30.6. The molecule has 9 heteroatoms. The van der Waals surface area contributed by atoms with Crippen LogP contribution in [-0.2, 0) is 14.3 Å². The van der Waals surface area contributed by atoms with Crippen LogP contribution in [0.4, 0.5) is 11.4 Å². The Morgan fingerprint density at radius 3 is 2.19 bits per heavy atom. The Morgan fingerprint density at radius 2 is 1.49 bits per heavy atom. The molecule has 218 valence electrons. The second-order valence-electron chi connectivity index (χ2n) is 9.41. The van der Waals surface area contributed by atoms with Gasteiger partial charge in [0, 0.05) is 21.8 Å². The fourth-order valence-corrected chi connectivity index (χ4v) is 4.64. The Hall–Kier alpha value is -5.15. The predicted octanol–water partition coefficient (Wildman–Crippen LogP) is 6.31. The highest BCUT2D eigenvalue weighted by atomic mass is 32.2. The molecule has 43 heavy (non-hydrogen) atoms. The molecule has 0 bridgehead atoms. The smallest absolute Gasteiger partial charge is 0.338 e. The van der Waals surface area contributed by atoms with Crippen LogP contribution in [0.15, 0.2) is 114 Å². The molecule has 0 aliphatic carbocycles. The molecule has 3 amide bonds. The van der Waals surface area contributed by atoms with Crippen molar-refractivity contribution in [2.45, 2.75) is 18.7 Å². The first-order chi connectivity index (χ1) is 20.8. The van der Waals surface area contributed by atoms with Gasteiger partial charge in [-0.2, -0.15) is 0 Å². The van der Waals surface area contributed by atoms with Crippen LogP contribution in [0.2, 0.25) is 0 Å². The van der Waals surface area contributed by atoms with Crippen LogP contribution in [0.1, 0.15) is 38.8 Å². The van der Waals surface area contributed by atoms with Gasteiger partial charge < -0.3 is 20.7 Å². The van der Waals surface area contributed by atoms with E-state index >= 15 is 0 Å². The zero-order valence-corrected chi connectivity index (χ0v) is 24.6. The SMILES string of the molecule is CCOC(=O)c1ccc(NC(=O)CSc2cccc(NC(=O)/C(=C/c3ccc(C)cc3)NC(=O)c3ccccc3)c2)cc1. The third kappa shape index (κ3) is 9.44. The van der Waals surface area contributed by atoms with Gasteiger partial charge in [0.15, 0.2) is 0 Å². The van der Waals surface area contributed by atoms with E-state index in [2.05, 4.69) is 16.0 Å². The van der Waals surface area contributed by atoms with Crippen molar-refractivity contribution >= 4 is 52.9 Å². The molecular formula is C34H31N3O5S. The van der Waals surface area contributed by atoms with Gasteiger partial charge in [-0.25, -0.2) is 4.79 Å². The first kappa shape index (κ1) is 30.8. The molecule has 4 aromatic rings. The maximum Gasteiger partial charge on any atom is 0.338 e. The molecule has 0 aliphatic heterocycles. The van der Waals surface area contributed by atoms with Crippen molar-refractivity contribution in [1.29, 1.82) is 0 Å². The second-order valence-corrected chi connectivity index (χ2v) is 10.5. The molecule has 4 rings (SSSR count). The van der Waals surface area contributed by atoms with E-state index in [9.17, 15) is 19.2 Å². The summed E-state index contributed by atoms with van der Waals surface area (Å²) in [5.41, 5.74) is 3.82. The molecule has 0 atom stereocenters. The molecule has 0 aliphatic rings. The summed E-state index contributed by atoms with van der Waals surface area (Å²) in [6, 6.07) is 29.8. The number of hydrogen-bond donors (Lipinski definition) is 3. The number of rotatable bonds is 11. The van der Waals surface area contributed by atoms with Crippen molar-refractivity contribution in [3.63, 3.8) is 0 Å². The van der Waals surface area contributed by atoms with Crippen LogP contribution in [0.5, 0.6) is 0 Å². The minimum Gasteiger partial charge on any atom is -0.462 e. The summed E-state index contributed by atoms with van der Waals surface area (Å²) in [6.45, 7) is 3.99. The fraction of sp³-hybridized carbons (Fsp3) is 0.118. The van der Waals surface area contributed by atoms with Crippen LogP contribution < -0.4 is 16.0 Å². The lowest BCUT2D eigenvalue weighted by molar-refractivity contribution is -0.114. The Balaban J connectivity index is 1.39. The summed E-state index contributed by atoms with van der Waals surface area (Å²) in [5.74, 6) is -1.41. The van der Waals surface area contributed by atoms with E-state index in [0.29, 0.717) is 22.5 Å². The number of carbonyl (C=O) groups excluding carboxylic acids is 4. The van der Waals surface area contributed by atoms with Gasteiger partial charge in [-0.1, -0.05) is 54.1 Å². The minimum absolute atomic E-state index is 0.0871.